The molecule has 2 heterocycles. The second-order valence-corrected chi connectivity index (χ2v) is 5.36. The van der Waals surface area contributed by atoms with Crippen LogP contribution >= 0.6 is 0 Å². The third-order valence-corrected chi connectivity index (χ3v) is 3.75. The maximum Gasteiger partial charge on any atom is 0.306 e. The van der Waals surface area contributed by atoms with Gasteiger partial charge in [-0.25, -0.2) is 0 Å². The Morgan fingerprint density at radius 2 is 1.89 bits per heavy atom. The molecular formula is C14H24O5. The summed E-state index contributed by atoms with van der Waals surface area (Å²) >= 11 is 0. The highest BCUT2D eigenvalue weighted by molar-refractivity contribution is 5.69. The van der Waals surface area contributed by atoms with Crippen molar-refractivity contribution in [1.82, 2.24) is 0 Å². The van der Waals surface area contributed by atoms with Crippen LogP contribution in [0.5, 0.6) is 0 Å². The Labute approximate surface area is 114 Å². The molecule has 0 amide bonds. The Morgan fingerprint density at radius 3 is 2.68 bits per heavy atom. The monoisotopic (exact) mass is 272 g/mol. The third-order valence-electron chi connectivity index (χ3n) is 3.75. The number of fused-ring (bicyclic) bond motifs is 1. The second-order valence-electron chi connectivity index (χ2n) is 5.36. The van der Waals surface area contributed by atoms with Gasteiger partial charge in [0.15, 0.2) is 6.10 Å². The number of ether oxygens (including phenoxy) is 3. The summed E-state index contributed by atoms with van der Waals surface area (Å²) in [6.07, 6.45) is 4.44. The number of esters is 1. The van der Waals surface area contributed by atoms with Crippen molar-refractivity contribution in [2.45, 2.75) is 69.9 Å². The predicted octanol–water partition coefficient (Wildman–Crippen LogP) is 1.42. The highest BCUT2D eigenvalue weighted by Gasteiger charge is 2.48. The summed E-state index contributed by atoms with van der Waals surface area (Å²) < 4.78 is 16.2. The van der Waals surface area contributed by atoms with Gasteiger partial charge >= 0.3 is 5.97 Å². The molecule has 5 heteroatoms. The predicted molar refractivity (Wildman–Crippen MR) is 68.7 cm³/mol. The molecule has 0 unspecified atom stereocenters. The van der Waals surface area contributed by atoms with Crippen molar-refractivity contribution in [3.05, 3.63) is 0 Å². The smallest absolute Gasteiger partial charge is 0.306 e. The molecule has 2 fully saturated rings. The van der Waals surface area contributed by atoms with Gasteiger partial charge in [0, 0.05) is 6.42 Å². The molecule has 110 valence electrons. The van der Waals surface area contributed by atoms with Gasteiger partial charge in [-0.05, 0) is 6.42 Å². The molecule has 0 saturated carbocycles. The van der Waals surface area contributed by atoms with Crippen molar-refractivity contribution in [2.24, 2.45) is 0 Å². The van der Waals surface area contributed by atoms with Crippen LogP contribution in [0.2, 0.25) is 0 Å². The molecule has 2 aliphatic rings. The van der Waals surface area contributed by atoms with E-state index in [-0.39, 0.29) is 30.9 Å². The molecule has 2 saturated heterocycles. The molecule has 0 bridgehead atoms. The van der Waals surface area contributed by atoms with Gasteiger partial charge in [-0.1, -0.05) is 32.6 Å². The summed E-state index contributed by atoms with van der Waals surface area (Å²) in [6, 6.07) is 0. The molecular weight excluding hydrogens is 248 g/mol. The number of hydrogen-bond acceptors (Lipinski definition) is 5. The topological polar surface area (TPSA) is 65.0 Å². The van der Waals surface area contributed by atoms with Crippen LogP contribution in [0.25, 0.3) is 0 Å². The SMILES string of the molecule is CCCCCCCC(=O)O[C@@H]1CO[C@H]2[C@@H]1OC[C@@H]2O. The Kier molecular flexibility index (Phi) is 5.60. The molecule has 0 aliphatic carbocycles. The summed E-state index contributed by atoms with van der Waals surface area (Å²) in [5.41, 5.74) is 0. The van der Waals surface area contributed by atoms with E-state index in [1.807, 2.05) is 0 Å². The Hall–Kier alpha value is -0.650. The summed E-state index contributed by atoms with van der Waals surface area (Å²) in [5.74, 6) is -0.185. The van der Waals surface area contributed by atoms with E-state index in [2.05, 4.69) is 6.92 Å². The van der Waals surface area contributed by atoms with E-state index >= 15 is 0 Å². The average molecular weight is 272 g/mol. The van der Waals surface area contributed by atoms with Gasteiger partial charge < -0.3 is 19.3 Å². The molecule has 0 aromatic heterocycles. The lowest BCUT2D eigenvalue weighted by Crippen LogP contribution is -2.34. The minimum atomic E-state index is -0.595. The van der Waals surface area contributed by atoms with Crippen LogP contribution in [0.1, 0.15) is 45.4 Å². The van der Waals surface area contributed by atoms with Crippen LogP contribution in [0.15, 0.2) is 0 Å². The van der Waals surface area contributed by atoms with Crippen molar-refractivity contribution in [2.75, 3.05) is 13.2 Å². The lowest BCUT2D eigenvalue weighted by Gasteiger charge is -2.16. The van der Waals surface area contributed by atoms with Gasteiger partial charge in [0.05, 0.1) is 13.2 Å². The largest absolute Gasteiger partial charge is 0.457 e. The van der Waals surface area contributed by atoms with Gasteiger partial charge in [-0.3, -0.25) is 4.79 Å². The van der Waals surface area contributed by atoms with Gasteiger partial charge in [0.1, 0.15) is 18.3 Å². The molecule has 2 rings (SSSR count). The summed E-state index contributed by atoms with van der Waals surface area (Å²) in [4.78, 5) is 11.7. The van der Waals surface area contributed by atoms with E-state index in [9.17, 15) is 9.90 Å². The number of unbranched alkanes of at least 4 members (excludes halogenated alkanes) is 4. The van der Waals surface area contributed by atoms with E-state index < -0.39 is 6.10 Å². The van der Waals surface area contributed by atoms with Gasteiger partial charge in [0.2, 0.25) is 0 Å². The first-order valence-electron chi connectivity index (χ1n) is 7.33. The number of aliphatic hydroxyl groups excluding tert-OH is 1. The molecule has 2 aliphatic heterocycles. The number of aliphatic hydroxyl groups is 1. The maximum atomic E-state index is 11.7. The van der Waals surface area contributed by atoms with E-state index in [0.29, 0.717) is 13.0 Å². The number of hydrogen-bond donors (Lipinski definition) is 1. The average Bonchev–Trinajstić information content (AvgIpc) is 2.94. The molecule has 1 N–H and O–H groups in total. The van der Waals surface area contributed by atoms with Crippen molar-refractivity contribution in [3.8, 4) is 0 Å². The first kappa shape index (κ1) is 14.8. The molecule has 19 heavy (non-hydrogen) atoms. The summed E-state index contributed by atoms with van der Waals surface area (Å²) in [6.45, 7) is 2.76. The lowest BCUT2D eigenvalue weighted by molar-refractivity contribution is -0.153. The standard InChI is InChI=1S/C14H24O5/c1-2-3-4-5-6-7-12(16)19-11-9-18-13-10(15)8-17-14(11)13/h10-11,13-15H,2-9H2,1H3/t10-,11+,13+,14+/m0/s1. The third kappa shape index (κ3) is 3.91. The molecule has 0 spiro atoms. The number of rotatable bonds is 7. The first-order chi connectivity index (χ1) is 9.22. The second kappa shape index (κ2) is 7.22. The van der Waals surface area contributed by atoms with Crippen molar-refractivity contribution in [3.63, 3.8) is 0 Å². The molecule has 0 aromatic rings. The number of carbonyl (C=O) groups is 1. The highest BCUT2D eigenvalue weighted by atomic mass is 16.6. The first-order valence-corrected chi connectivity index (χ1v) is 7.33. The van der Waals surface area contributed by atoms with Gasteiger partial charge in [-0.15, -0.1) is 0 Å². The maximum absolute atomic E-state index is 11.7. The minimum Gasteiger partial charge on any atom is -0.457 e. The molecule has 4 atom stereocenters. The fourth-order valence-electron chi connectivity index (χ4n) is 2.65. The van der Waals surface area contributed by atoms with Gasteiger partial charge in [0.25, 0.3) is 0 Å². The van der Waals surface area contributed by atoms with Crippen LogP contribution in [-0.4, -0.2) is 48.7 Å². The van der Waals surface area contributed by atoms with Crippen LogP contribution in [0.3, 0.4) is 0 Å². The zero-order valence-electron chi connectivity index (χ0n) is 11.5. The minimum absolute atomic E-state index is 0.185. The summed E-state index contributed by atoms with van der Waals surface area (Å²) in [5, 5.41) is 9.58. The summed E-state index contributed by atoms with van der Waals surface area (Å²) in [7, 11) is 0. The molecule has 5 nitrogen and oxygen atoms in total. The van der Waals surface area contributed by atoms with Crippen molar-refractivity contribution in [1.29, 1.82) is 0 Å². The Balaban J connectivity index is 1.63. The normalized spacial score (nSPS) is 33.4. The number of carbonyl (C=O) groups excluding carboxylic acids is 1. The van der Waals surface area contributed by atoms with Crippen molar-refractivity contribution >= 4 is 5.97 Å². The Morgan fingerprint density at radius 1 is 1.16 bits per heavy atom. The van der Waals surface area contributed by atoms with E-state index in [4.69, 9.17) is 14.2 Å². The molecule has 0 radical (unpaired) electrons. The highest BCUT2D eigenvalue weighted by Crippen LogP contribution is 2.29. The molecule has 0 aromatic carbocycles. The quantitative estimate of drug-likeness (QED) is 0.561. The fraction of sp³-hybridized carbons (Fsp3) is 0.929. The van der Waals surface area contributed by atoms with E-state index in [1.165, 1.54) is 19.3 Å². The van der Waals surface area contributed by atoms with Crippen LogP contribution in [0, 0.1) is 0 Å². The zero-order valence-corrected chi connectivity index (χ0v) is 11.5. The van der Waals surface area contributed by atoms with Gasteiger partial charge in [-0.2, -0.15) is 0 Å². The van der Waals surface area contributed by atoms with E-state index in [0.717, 1.165) is 12.8 Å². The van der Waals surface area contributed by atoms with Crippen molar-refractivity contribution < 1.29 is 24.1 Å². The van der Waals surface area contributed by atoms with E-state index in [1.54, 1.807) is 0 Å². The van der Waals surface area contributed by atoms with Crippen LogP contribution < -0.4 is 0 Å². The Bertz CT molecular complexity index is 294. The van der Waals surface area contributed by atoms with Crippen LogP contribution in [-0.2, 0) is 19.0 Å². The van der Waals surface area contributed by atoms with Crippen LogP contribution in [0.4, 0.5) is 0 Å². The zero-order chi connectivity index (χ0) is 13.7. The lowest BCUT2D eigenvalue weighted by atomic mass is 10.1. The fourth-order valence-corrected chi connectivity index (χ4v) is 2.65.